The molecular formula is C13H17N3O3. The van der Waals surface area contributed by atoms with Crippen LogP contribution in [0, 0.1) is 0 Å². The first-order chi connectivity index (χ1) is 9.17. The van der Waals surface area contributed by atoms with Gasteiger partial charge in [0.2, 0.25) is 0 Å². The molecule has 2 aromatic rings. The third-order valence-corrected chi connectivity index (χ3v) is 2.95. The van der Waals surface area contributed by atoms with Gasteiger partial charge in [0.05, 0.1) is 7.11 Å². The lowest BCUT2D eigenvalue weighted by atomic mass is 10.2. The average molecular weight is 263 g/mol. The van der Waals surface area contributed by atoms with Crippen LogP contribution in [0.1, 0.15) is 36.7 Å². The quantitative estimate of drug-likeness (QED) is 0.660. The molecule has 2 heterocycles. The maximum atomic E-state index is 11.5. The van der Waals surface area contributed by atoms with Gasteiger partial charge in [0, 0.05) is 6.54 Å². The Morgan fingerprint density at radius 1 is 1.37 bits per heavy atom. The van der Waals surface area contributed by atoms with Crippen molar-refractivity contribution in [2.24, 2.45) is 0 Å². The molecule has 0 aliphatic carbocycles. The first kappa shape index (κ1) is 13.3. The minimum absolute atomic E-state index is 0.0689. The van der Waals surface area contributed by atoms with Gasteiger partial charge in [0.25, 0.3) is 6.01 Å². The molecule has 0 unspecified atom stereocenters. The second-order valence-electron chi connectivity index (χ2n) is 4.30. The number of carbonyl (C=O) groups is 1. The first-order valence-corrected chi connectivity index (χ1v) is 6.32. The minimum atomic E-state index is -0.498. The Morgan fingerprint density at radius 2 is 2.16 bits per heavy atom. The SMILES string of the molecule is CCCCCn1c(O)nc2ccc(C(=O)OC)nc21. The van der Waals surface area contributed by atoms with Crippen molar-refractivity contribution in [3.63, 3.8) is 0 Å². The van der Waals surface area contributed by atoms with Crippen molar-refractivity contribution in [2.75, 3.05) is 7.11 Å². The molecule has 0 amide bonds. The number of imidazole rings is 1. The summed E-state index contributed by atoms with van der Waals surface area (Å²) in [5, 5.41) is 9.82. The van der Waals surface area contributed by atoms with E-state index in [0.717, 1.165) is 19.3 Å². The normalized spacial score (nSPS) is 10.8. The molecule has 1 N–H and O–H groups in total. The number of unbranched alkanes of at least 4 members (excludes halogenated alkanes) is 2. The van der Waals surface area contributed by atoms with Crippen molar-refractivity contribution >= 4 is 17.1 Å². The molecule has 0 aromatic carbocycles. The lowest BCUT2D eigenvalue weighted by Gasteiger charge is -2.04. The smallest absolute Gasteiger partial charge is 0.356 e. The van der Waals surface area contributed by atoms with Gasteiger partial charge in [-0.3, -0.25) is 4.57 Å². The topological polar surface area (TPSA) is 77.2 Å². The largest absolute Gasteiger partial charge is 0.480 e. The summed E-state index contributed by atoms with van der Waals surface area (Å²) < 4.78 is 6.26. The summed E-state index contributed by atoms with van der Waals surface area (Å²) in [7, 11) is 1.31. The number of esters is 1. The summed E-state index contributed by atoms with van der Waals surface area (Å²) in [5.74, 6) is -0.498. The van der Waals surface area contributed by atoms with Gasteiger partial charge in [0.1, 0.15) is 5.52 Å². The van der Waals surface area contributed by atoms with Crippen LogP contribution < -0.4 is 0 Å². The summed E-state index contributed by atoms with van der Waals surface area (Å²) in [5.41, 5.74) is 1.30. The fourth-order valence-corrected chi connectivity index (χ4v) is 1.93. The highest BCUT2D eigenvalue weighted by Gasteiger charge is 2.14. The number of hydrogen-bond acceptors (Lipinski definition) is 5. The molecule has 2 rings (SSSR count). The van der Waals surface area contributed by atoms with Gasteiger partial charge in [-0.1, -0.05) is 19.8 Å². The maximum Gasteiger partial charge on any atom is 0.356 e. The van der Waals surface area contributed by atoms with Crippen molar-refractivity contribution in [1.29, 1.82) is 0 Å². The van der Waals surface area contributed by atoms with E-state index in [1.807, 2.05) is 0 Å². The number of methoxy groups -OCH3 is 1. The van der Waals surface area contributed by atoms with E-state index in [-0.39, 0.29) is 11.7 Å². The van der Waals surface area contributed by atoms with E-state index in [9.17, 15) is 9.90 Å². The molecule has 0 spiro atoms. The van der Waals surface area contributed by atoms with Gasteiger partial charge in [0.15, 0.2) is 11.3 Å². The van der Waals surface area contributed by atoms with Crippen LogP contribution in [0.3, 0.4) is 0 Å². The van der Waals surface area contributed by atoms with Crippen molar-refractivity contribution in [1.82, 2.24) is 14.5 Å². The predicted molar refractivity (Wildman–Crippen MR) is 70.1 cm³/mol. The van der Waals surface area contributed by atoms with E-state index in [1.165, 1.54) is 13.2 Å². The van der Waals surface area contributed by atoms with Crippen LogP contribution in [0.2, 0.25) is 0 Å². The molecule has 6 heteroatoms. The first-order valence-electron chi connectivity index (χ1n) is 6.32. The van der Waals surface area contributed by atoms with E-state index in [4.69, 9.17) is 0 Å². The number of aromatic hydroxyl groups is 1. The lowest BCUT2D eigenvalue weighted by molar-refractivity contribution is 0.0594. The fraction of sp³-hybridized carbons (Fsp3) is 0.462. The number of ether oxygens (including phenoxy) is 1. The number of hydrogen-bond donors (Lipinski definition) is 1. The van der Waals surface area contributed by atoms with Gasteiger partial charge in [-0.2, -0.15) is 4.98 Å². The van der Waals surface area contributed by atoms with Crippen LogP contribution in [-0.4, -0.2) is 32.7 Å². The van der Waals surface area contributed by atoms with Gasteiger partial charge in [-0.25, -0.2) is 9.78 Å². The molecule has 2 aromatic heterocycles. The highest BCUT2D eigenvalue weighted by atomic mass is 16.5. The maximum absolute atomic E-state index is 11.5. The predicted octanol–water partition coefficient (Wildman–Crippen LogP) is 2.11. The van der Waals surface area contributed by atoms with Crippen LogP contribution in [0.4, 0.5) is 0 Å². The highest BCUT2D eigenvalue weighted by Crippen LogP contribution is 2.20. The zero-order chi connectivity index (χ0) is 13.8. The Hall–Kier alpha value is -2.11. The third kappa shape index (κ3) is 2.67. The van der Waals surface area contributed by atoms with Crippen LogP contribution >= 0.6 is 0 Å². The second kappa shape index (κ2) is 5.69. The number of fused-ring (bicyclic) bond motifs is 1. The average Bonchev–Trinajstić information content (AvgIpc) is 2.73. The Bertz CT molecular complexity index is 592. The van der Waals surface area contributed by atoms with Gasteiger partial charge < -0.3 is 9.84 Å². The van der Waals surface area contributed by atoms with E-state index >= 15 is 0 Å². The molecule has 0 saturated heterocycles. The van der Waals surface area contributed by atoms with Crippen molar-refractivity contribution < 1.29 is 14.6 Å². The van der Waals surface area contributed by atoms with Crippen molar-refractivity contribution in [3.8, 4) is 6.01 Å². The molecule has 0 saturated carbocycles. The molecule has 0 bridgehead atoms. The van der Waals surface area contributed by atoms with Crippen LogP contribution in [0.15, 0.2) is 12.1 Å². The van der Waals surface area contributed by atoms with E-state index in [1.54, 1.807) is 10.6 Å². The van der Waals surface area contributed by atoms with E-state index < -0.39 is 5.97 Å². The zero-order valence-electron chi connectivity index (χ0n) is 11.1. The molecule has 0 aliphatic heterocycles. The molecule has 102 valence electrons. The monoisotopic (exact) mass is 263 g/mol. The molecular weight excluding hydrogens is 246 g/mol. The summed E-state index contributed by atoms with van der Waals surface area (Å²) in [6.45, 7) is 2.74. The zero-order valence-corrected chi connectivity index (χ0v) is 11.1. The number of carbonyl (C=O) groups excluding carboxylic acids is 1. The summed E-state index contributed by atoms with van der Waals surface area (Å²) in [4.78, 5) is 19.7. The Kier molecular flexibility index (Phi) is 3.99. The lowest BCUT2D eigenvalue weighted by Crippen LogP contribution is -2.06. The minimum Gasteiger partial charge on any atom is -0.480 e. The number of nitrogens with zero attached hydrogens (tertiary/aromatic N) is 3. The molecule has 0 fully saturated rings. The van der Waals surface area contributed by atoms with Crippen molar-refractivity contribution in [2.45, 2.75) is 32.7 Å². The van der Waals surface area contributed by atoms with Crippen LogP contribution in [-0.2, 0) is 11.3 Å². The number of pyridine rings is 1. The summed E-state index contributed by atoms with van der Waals surface area (Å²) in [6.07, 6.45) is 3.09. The Labute approximate surface area is 111 Å². The summed E-state index contributed by atoms with van der Waals surface area (Å²) >= 11 is 0. The number of aromatic nitrogens is 3. The number of rotatable bonds is 5. The second-order valence-corrected chi connectivity index (χ2v) is 4.30. The third-order valence-electron chi connectivity index (χ3n) is 2.95. The summed E-state index contributed by atoms with van der Waals surface area (Å²) in [6, 6.07) is 3.13. The molecule has 0 radical (unpaired) electrons. The number of aryl methyl sites for hydroxylation is 1. The van der Waals surface area contributed by atoms with Gasteiger partial charge in [-0.05, 0) is 18.6 Å². The fourth-order valence-electron chi connectivity index (χ4n) is 1.93. The standard InChI is InChI=1S/C13H17N3O3/c1-3-4-5-8-16-11-9(15-13(16)18)6-7-10(14-11)12(17)19-2/h6-7H,3-5,8H2,1-2H3,(H,15,18). The van der Waals surface area contributed by atoms with Crippen molar-refractivity contribution in [3.05, 3.63) is 17.8 Å². The van der Waals surface area contributed by atoms with Crippen LogP contribution in [0.5, 0.6) is 6.01 Å². The van der Waals surface area contributed by atoms with Gasteiger partial charge >= 0.3 is 5.97 Å². The molecule has 0 aliphatic rings. The molecule has 0 atom stereocenters. The Morgan fingerprint density at radius 3 is 2.84 bits per heavy atom. The van der Waals surface area contributed by atoms with Crippen LogP contribution in [0.25, 0.3) is 11.2 Å². The molecule has 19 heavy (non-hydrogen) atoms. The van der Waals surface area contributed by atoms with Gasteiger partial charge in [-0.15, -0.1) is 0 Å². The highest BCUT2D eigenvalue weighted by molar-refractivity contribution is 5.89. The van der Waals surface area contributed by atoms with E-state index in [0.29, 0.717) is 17.7 Å². The molecule has 6 nitrogen and oxygen atoms in total. The van der Waals surface area contributed by atoms with E-state index in [2.05, 4.69) is 21.6 Å². The Balaban J connectivity index is 2.38.